The van der Waals surface area contributed by atoms with Crippen LogP contribution >= 0.6 is 11.6 Å². The molecule has 1 heterocycles. The lowest BCUT2D eigenvalue weighted by molar-refractivity contribution is -0.129. The second kappa shape index (κ2) is 8.71. The summed E-state index contributed by atoms with van der Waals surface area (Å²) in [7, 11) is 1.97. The number of halogens is 1. The molecule has 1 aliphatic rings. The molecule has 0 radical (unpaired) electrons. The van der Waals surface area contributed by atoms with Gasteiger partial charge in [0.2, 0.25) is 11.8 Å². The van der Waals surface area contributed by atoms with Gasteiger partial charge >= 0.3 is 5.97 Å². The average Bonchev–Trinajstić information content (AvgIpc) is 3.03. The first-order chi connectivity index (χ1) is 13.5. The summed E-state index contributed by atoms with van der Waals surface area (Å²) in [4.78, 5) is 29.6. The van der Waals surface area contributed by atoms with E-state index in [-0.39, 0.29) is 17.5 Å². The van der Waals surface area contributed by atoms with Crippen LogP contribution < -0.4 is 10.2 Å². The fourth-order valence-corrected chi connectivity index (χ4v) is 2.92. The molecule has 28 heavy (non-hydrogen) atoms. The highest BCUT2D eigenvalue weighted by Gasteiger charge is 2.24. The van der Waals surface area contributed by atoms with Crippen LogP contribution in [0.3, 0.4) is 0 Å². The van der Waals surface area contributed by atoms with E-state index < -0.39 is 5.97 Å². The number of carbonyl (C=O) groups is 2. The number of aliphatic imine (C=N–C) groups is 1. The number of nitrogens with one attached hydrogen (secondary N) is 1. The third-order valence-corrected chi connectivity index (χ3v) is 4.30. The largest absolute Gasteiger partial charge is 0.402 e. The second-order valence-electron chi connectivity index (χ2n) is 6.30. The minimum absolute atomic E-state index is 0.150. The van der Waals surface area contributed by atoms with Gasteiger partial charge in [-0.25, -0.2) is 9.79 Å². The van der Waals surface area contributed by atoms with Gasteiger partial charge in [-0.2, -0.15) is 0 Å². The number of cyclic esters (lactones) is 1. The van der Waals surface area contributed by atoms with E-state index >= 15 is 0 Å². The van der Waals surface area contributed by atoms with Crippen molar-refractivity contribution in [2.45, 2.75) is 6.92 Å². The number of nitrogens with zero attached hydrogens (tertiary/aromatic N) is 2. The molecule has 3 rings (SSSR count). The monoisotopic (exact) mass is 397 g/mol. The molecule has 1 aliphatic heterocycles. The van der Waals surface area contributed by atoms with Gasteiger partial charge < -0.3 is 15.0 Å². The maximum atomic E-state index is 12.2. The summed E-state index contributed by atoms with van der Waals surface area (Å²) in [5.74, 6) is 0.146. The number of hydrogen-bond donors (Lipinski definition) is 1. The Morgan fingerprint density at radius 3 is 2.46 bits per heavy atom. The van der Waals surface area contributed by atoms with Crippen LogP contribution in [-0.4, -0.2) is 37.2 Å². The van der Waals surface area contributed by atoms with Gasteiger partial charge in [-0.05, 0) is 48.0 Å². The Morgan fingerprint density at radius 1 is 1.18 bits per heavy atom. The summed E-state index contributed by atoms with van der Waals surface area (Å²) in [6.45, 7) is 2.19. The number of carbonyl (C=O) groups excluding carboxylic acids is 2. The van der Waals surface area contributed by atoms with Gasteiger partial charge in [0.05, 0.1) is 0 Å². The molecule has 2 aromatic carbocycles. The van der Waals surface area contributed by atoms with E-state index in [9.17, 15) is 9.59 Å². The number of rotatable bonds is 6. The van der Waals surface area contributed by atoms with E-state index in [0.29, 0.717) is 17.1 Å². The normalized spacial score (nSPS) is 14.6. The molecule has 0 bridgehead atoms. The van der Waals surface area contributed by atoms with Crippen LogP contribution in [0.1, 0.15) is 18.1 Å². The number of esters is 1. The Kier molecular flexibility index (Phi) is 6.11. The fourth-order valence-electron chi connectivity index (χ4n) is 2.67. The lowest BCUT2D eigenvalue weighted by atomic mass is 10.1. The minimum atomic E-state index is -0.496. The van der Waals surface area contributed by atoms with E-state index in [1.165, 1.54) is 6.92 Å². The van der Waals surface area contributed by atoms with Crippen molar-refractivity contribution >= 4 is 46.8 Å². The summed E-state index contributed by atoms with van der Waals surface area (Å²) in [5, 5.41) is 2.68. The van der Waals surface area contributed by atoms with Crippen LogP contribution in [-0.2, 0) is 14.3 Å². The second-order valence-corrected chi connectivity index (χ2v) is 6.67. The Labute approximate surface area is 168 Å². The smallest absolute Gasteiger partial charge is 0.363 e. The van der Waals surface area contributed by atoms with Crippen molar-refractivity contribution in [2.75, 3.05) is 29.7 Å². The Balaban J connectivity index is 1.76. The highest BCUT2D eigenvalue weighted by Crippen LogP contribution is 2.21. The van der Waals surface area contributed by atoms with Crippen molar-refractivity contribution < 1.29 is 14.3 Å². The van der Waals surface area contributed by atoms with Gasteiger partial charge in [0.25, 0.3) is 0 Å². The Bertz CT molecular complexity index is 934. The van der Waals surface area contributed by atoms with Gasteiger partial charge in [-0.1, -0.05) is 12.1 Å². The quantitative estimate of drug-likeness (QED) is 0.458. The van der Waals surface area contributed by atoms with Gasteiger partial charge in [0, 0.05) is 43.3 Å². The molecule has 0 unspecified atom stereocenters. The molecule has 7 heteroatoms. The van der Waals surface area contributed by atoms with Crippen LogP contribution in [0.15, 0.2) is 59.2 Å². The van der Waals surface area contributed by atoms with E-state index in [0.717, 1.165) is 17.8 Å². The predicted molar refractivity (Wildman–Crippen MR) is 112 cm³/mol. The maximum absolute atomic E-state index is 12.2. The first-order valence-electron chi connectivity index (χ1n) is 8.74. The number of amides is 1. The van der Waals surface area contributed by atoms with Crippen LogP contribution in [0.5, 0.6) is 0 Å². The molecule has 0 aliphatic carbocycles. The highest BCUT2D eigenvalue weighted by atomic mass is 35.5. The van der Waals surface area contributed by atoms with Crippen molar-refractivity contribution in [1.29, 1.82) is 0 Å². The van der Waals surface area contributed by atoms with Crippen molar-refractivity contribution in [2.24, 2.45) is 4.99 Å². The molecule has 6 nitrogen and oxygen atoms in total. The highest BCUT2D eigenvalue weighted by molar-refractivity contribution is 6.18. The number of anilines is 2. The molecule has 0 saturated carbocycles. The van der Waals surface area contributed by atoms with E-state index in [1.807, 2.05) is 31.3 Å². The average molecular weight is 398 g/mol. The standard InChI is InChI=1S/C21H20ClN3O3/c1-14(26)23-17-7-5-16(6-8-17)20-24-19(21(27)28-20)13-15-3-9-18(10-4-15)25(2)12-11-22/h3-10,13H,11-12H2,1-2H3,(H,23,26). The lowest BCUT2D eigenvalue weighted by Crippen LogP contribution is -2.19. The zero-order valence-electron chi connectivity index (χ0n) is 15.6. The van der Waals surface area contributed by atoms with Crippen molar-refractivity contribution in [3.05, 3.63) is 65.4 Å². The first kappa shape index (κ1) is 19.6. The molecule has 1 amide bonds. The summed E-state index contributed by atoms with van der Waals surface area (Å²) in [6.07, 6.45) is 1.69. The number of ether oxygens (including phenoxy) is 1. The van der Waals surface area contributed by atoms with Gasteiger partial charge in [0.1, 0.15) is 0 Å². The van der Waals surface area contributed by atoms with Gasteiger partial charge in [-0.3, -0.25) is 4.79 Å². The molecule has 1 N–H and O–H groups in total. The molecular weight excluding hydrogens is 378 g/mol. The van der Waals surface area contributed by atoms with Crippen molar-refractivity contribution in [3.63, 3.8) is 0 Å². The maximum Gasteiger partial charge on any atom is 0.363 e. The van der Waals surface area contributed by atoms with E-state index in [4.69, 9.17) is 16.3 Å². The zero-order valence-corrected chi connectivity index (χ0v) is 16.4. The van der Waals surface area contributed by atoms with Crippen molar-refractivity contribution in [3.8, 4) is 0 Å². The van der Waals surface area contributed by atoms with E-state index in [1.54, 1.807) is 30.3 Å². The van der Waals surface area contributed by atoms with Crippen LogP contribution in [0, 0.1) is 0 Å². The van der Waals surface area contributed by atoms with E-state index in [2.05, 4.69) is 15.2 Å². The molecule has 0 saturated heterocycles. The lowest BCUT2D eigenvalue weighted by Gasteiger charge is -2.17. The third-order valence-electron chi connectivity index (χ3n) is 4.13. The molecule has 0 aromatic heterocycles. The first-order valence-corrected chi connectivity index (χ1v) is 9.27. The predicted octanol–water partition coefficient (Wildman–Crippen LogP) is 3.66. The van der Waals surface area contributed by atoms with Gasteiger partial charge in [0.15, 0.2) is 5.70 Å². The topological polar surface area (TPSA) is 71.0 Å². The molecule has 0 fully saturated rings. The summed E-state index contributed by atoms with van der Waals surface area (Å²) < 4.78 is 5.28. The molecule has 144 valence electrons. The third kappa shape index (κ3) is 4.78. The number of hydrogen-bond acceptors (Lipinski definition) is 5. The number of alkyl halides is 1. The summed E-state index contributed by atoms with van der Waals surface area (Å²) in [5.41, 5.74) is 3.45. The van der Waals surface area contributed by atoms with Crippen LogP contribution in [0.2, 0.25) is 0 Å². The van der Waals surface area contributed by atoms with Crippen LogP contribution in [0.25, 0.3) is 6.08 Å². The molecule has 0 atom stereocenters. The Morgan fingerprint density at radius 2 is 1.86 bits per heavy atom. The number of benzene rings is 2. The van der Waals surface area contributed by atoms with Gasteiger partial charge in [-0.15, -0.1) is 11.6 Å². The molecule has 0 spiro atoms. The molecular formula is C21H20ClN3O3. The zero-order chi connectivity index (χ0) is 20.1. The Hall–Kier alpha value is -3.12. The summed E-state index contributed by atoms with van der Waals surface area (Å²) in [6, 6.07) is 14.7. The SMILES string of the molecule is CC(=O)Nc1ccc(C2=NC(=Cc3ccc(N(C)CCCl)cc3)C(=O)O2)cc1. The van der Waals surface area contributed by atoms with Crippen molar-refractivity contribution in [1.82, 2.24) is 0 Å². The van der Waals surface area contributed by atoms with Crippen LogP contribution in [0.4, 0.5) is 11.4 Å². The fraction of sp³-hybridized carbons (Fsp3) is 0.190. The summed E-state index contributed by atoms with van der Waals surface area (Å²) >= 11 is 5.77. The minimum Gasteiger partial charge on any atom is -0.402 e. The molecule has 2 aromatic rings.